The van der Waals surface area contributed by atoms with Crippen molar-refractivity contribution in [3.05, 3.63) is 76.2 Å². The monoisotopic (exact) mass is 434 g/mol. The Bertz CT molecular complexity index is 1150. The topological polar surface area (TPSA) is 66.5 Å². The molecule has 2 aromatic carbocycles. The predicted molar refractivity (Wildman–Crippen MR) is 120 cm³/mol. The molecule has 0 bridgehead atoms. The summed E-state index contributed by atoms with van der Waals surface area (Å²) in [7, 11) is 0. The third-order valence-corrected chi connectivity index (χ3v) is 7.42. The molecule has 30 heavy (non-hydrogen) atoms. The van der Waals surface area contributed by atoms with Gasteiger partial charge in [-0.15, -0.1) is 11.3 Å². The van der Waals surface area contributed by atoms with Crippen LogP contribution in [0.3, 0.4) is 0 Å². The molecule has 7 heteroatoms. The molecule has 0 atom stereocenters. The number of hydrogen-bond acceptors (Lipinski definition) is 5. The highest BCUT2D eigenvalue weighted by molar-refractivity contribution is 8.14. The maximum absolute atomic E-state index is 12.8. The second-order valence-corrected chi connectivity index (χ2v) is 9.29. The van der Waals surface area contributed by atoms with Crippen molar-refractivity contribution in [2.24, 2.45) is 0 Å². The van der Waals surface area contributed by atoms with E-state index in [4.69, 9.17) is 0 Å². The number of carbonyl (C=O) groups excluding carboxylic acids is 3. The zero-order valence-electron chi connectivity index (χ0n) is 16.0. The van der Waals surface area contributed by atoms with Crippen LogP contribution in [0, 0.1) is 0 Å². The van der Waals surface area contributed by atoms with E-state index in [-0.39, 0.29) is 29.4 Å². The molecule has 5 nitrogen and oxygen atoms in total. The van der Waals surface area contributed by atoms with E-state index in [2.05, 4.69) is 23.5 Å². The molecule has 0 radical (unpaired) electrons. The van der Waals surface area contributed by atoms with Gasteiger partial charge in [-0.25, -0.2) is 0 Å². The third kappa shape index (κ3) is 3.55. The number of aryl methyl sites for hydroxylation is 2. The van der Waals surface area contributed by atoms with Crippen LogP contribution in [0.4, 0.5) is 10.5 Å². The molecule has 0 saturated carbocycles. The van der Waals surface area contributed by atoms with E-state index in [0.29, 0.717) is 10.6 Å². The highest BCUT2D eigenvalue weighted by Crippen LogP contribution is 2.39. The Morgan fingerprint density at radius 1 is 1.00 bits per heavy atom. The lowest BCUT2D eigenvalue weighted by Gasteiger charge is -2.15. The summed E-state index contributed by atoms with van der Waals surface area (Å²) < 4.78 is 0. The minimum atomic E-state index is -0.208. The number of benzene rings is 2. The third-order valence-electron chi connectivity index (χ3n) is 5.35. The SMILES string of the molecule is O=C(Nc1ccc(CN2C(=O)CSC2=O)cc1)c1cc2c(s1)-c1ccccc1CC2. The minimum absolute atomic E-state index is 0.124. The molecule has 2 heterocycles. The molecule has 0 unspecified atom stereocenters. The average Bonchev–Trinajstić information content (AvgIpc) is 3.34. The number of anilines is 1. The van der Waals surface area contributed by atoms with Crippen molar-refractivity contribution >= 4 is 45.8 Å². The normalized spacial score (nSPS) is 15.1. The van der Waals surface area contributed by atoms with Crippen LogP contribution in [0.5, 0.6) is 0 Å². The summed E-state index contributed by atoms with van der Waals surface area (Å²) in [5.41, 5.74) is 5.33. The standard InChI is InChI=1S/C23H18N2O3S2/c26-20-13-29-23(28)25(20)12-14-5-9-17(10-6-14)24-22(27)19-11-16-8-7-15-3-1-2-4-18(15)21(16)30-19/h1-6,9-11H,7-8,12-13H2,(H,24,27). The molecule has 2 aliphatic rings. The van der Waals surface area contributed by atoms with Crippen molar-refractivity contribution in [1.82, 2.24) is 4.90 Å². The molecule has 0 spiro atoms. The Morgan fingerprint density at radius 2 is 1.77 bits per heavy atom. The number of nitrogens with zero attached hydrogens (tertiary/aromatic N) is 1. The Hall–Kier alpha value is -2.90. The first-order valence-corrected chi connectivity index (χ1v) is 11.5. The van der Waals surface area contributed by atoms with Crippen molar-refractivity contribution < 1.29 is 14.4 Å². The first-order valence-electron chi connectivity index (χ1n) is 9.67. The summed E-state index contributed by atoms with van der Waals surface area (Å²) >= 11 is 2.56. The van der Waals surface area contributed by atoms with E-state index in [9.17, 15) is 14.4 Å². The number of rotatable bonds is 4. The molecule has 1 aliphatic heterocycles. The van der Waals surface area contributed by atoms with Crippen LogP contribution < -0.4 is 5.32 Å². The quantitative estimate of drug-likeness (QED) is 0.630. The number of amides is 3. The van der Waals surface area contributed by atoms with Gasteiger partial charge in [0, 0.05) is 10.6 Å². The van der Waals surface area contributed by atoms with Crippen LogP contribution >= 0.6 is 23.1 Å². The van der Waals surface area contributed by atoms with Gasteiger partial charge in [0.05, 0.1) is 17.2 Å². The summed E-state index contributed by atoms with van der Waals surface area (Å²) in [5.74, 6) is -0.0751. The molecule has 1 N–H and O–H groups in total. The van der Waals surface area contributed by atoms with E-state index in [0.717, 1.165) is 30.2 Å². The number of nitrogens with one attached hydrogen (secondary N) is 1. The second-order valence-electron chi connectivity index (χ2n) is 7.31. The molecule has 1 aromatic heterocycles. The van der Waals surface area contributed by atoms with Gasteiger partial charge < -0.3 is 5.32 Å². The van der Waals surface area contributed by atoms with Gasteiger partial charge in [-0.3, -0.25) is 19.3 Å². The van der Waals surface area contributed by atoms with Crippen molar-refractivity contribution in [2.45, 2.75) is 19.4 Å². The molecule has 150 valence electrons. The number of thiophene rings is 1. The molecule has 3 amide bonds. The van der Waals surface area contributed by atoms with Crippen molar-refractivity contribution in [1.29, 1.82) is 0 Å². The average molecular weight is 435 g/mol. The van der Waals surface area contributed by atoms with Crippen LogP contribution in [0.15, 0.2) is 54.6 Å². The molecule has 3 aromatic rings. The highest BCUT2D eigenvalue weighted by atomic mass is 32.2. The van der Waals surface area contributed by atoms with E-state index < -0.39 is 0 Å². The number of hydrogen-bond donors (Lipinski definition) is 1. The minimum Gasteiger partial charge on any atom is -0.321 e. The molecular weight excluding hydrogens is 416 g/mol. The van der Waals surface area contributed by atoms with E-state index in [1.165, 1.54) is 37.8 Å². The lowest BCUT2D eigenvalue weighted by Crippen LogP contribution is -2.27. The van der Waals surface area contributed by atoms with Crippen LogP contribution in [-0.2, 0) is 24.2 Å². The molecule has 1 fully saturated rings. The maximum atomic E-state index is 12.8. The Morgan fingerprint density at radius 3 is 2.53 bits per heavy atom. The number of fused-ring (bicyclic) bond motifs is 3. The number of carbonyl (C=O) groups is 3. The van der Waals surface area contributed by atoms with Gasteiger partial charge in [0.2, 0.25) is 5.91 Å². The summed E-state index contributed by atoms with van der Waals surface area (Å²) in [6.45, 7) is 0.260. The smallest absolute Gasteiger partial charge is 0.289 e. The number of thioether (sulfide) groups is 1. The van der Waals surface area contributed by atoms with E-state index >= 15 is 0 Å². The van der Waals surface area contributed by atoms with Crippen LogP contribution in [-0.4, -0.2) is 27.7 Å². The van der Waals surface area contributed by atoms with Gasteiger partial charge in [-0.1, -0.05) is 48.2 Å². The van der Waals surface area contributed by atoms with Gasteiger partial charge in [-0.2, -0.15) is 0 Å². The molecular formula is C23H18N2O3S2. The summed E-state index contributed by atoms with van der Waals surface area (Å²) in [6.07, 6.45) is 1.96. The largest absolute Gasteiger partial charge is 0.321 e. The Balaban J connectivity index is 1.29. The maximum Gasteiger partial charge on any atom is 0.289 e. The highest BCUT2D eigenvalue weighted by Gasteiger charge is 2.29. The zero-order chi connectivity index (χ0) is 20.7. The summed E-state index contributed by atoms with van der Waals surface area (Å²) in [4.78, 5) is 39.4. The molecule has 5 rings (SSSR count). The zero-order valence-corrected chi connectivity index (χ0v) is 17.6. The van der Waals surface area contributed by atoms with Crippen molar-refractivity contribution in [3.8, 4) is 10.4 Å². The fourth-order valence-corrected chi connectivity index (χ4v) is 5.68. The summed E-state index contributed by atoms with van der Waals surface area (Å²) in [6, 6.07) is 17.6. The number of imide groups is 1. The van der Waals surface area contributed by atoms with Gasteiger partial charge >= 0.3 is 0 Å². The predicted octanol–water partition coefficient (Wildman–Crippen LogP) is 4.96. The van der Waals surface area contributed by atoms with Gasteiger partial charge in [0.1, 0.15) is 0 Å². The lowest BCUT2D eigenvalue weighted by molar-refractivity contribution is -0.125. The molecule has 1 saturated heterocycles. The van der Waals surface area contributed by atoms with Gasteiger partial charge in [0.15, 0.2) is 0 Å². The van der Waals surface area contributed by atoms with Crippen molar-refractivity contribution in [3.63, 3.8) is 0 Å². The van der Waals surface area contributed by atoms with Crippen LogP contribution in [0.1, 0.15) is 26.4 Å². The fraction of sp³-hybridized carbons (Fsp3) is 0.174. The van der Waals surface area contributed by atoms with Crippen LogP contribution in [0.25, 0.3) is 10.4 Å². The van der Waals surface area contributed by atoms with Gasteiger partial charge in [0.25, 0.3) is 11.1 Å². The van der Waals surface area contributed by atoms with Crippen molar-refractivity contribution in [2.75, 3.05) is 11.1 Å². The summed E-state index contributed by atoms with van der Waals surface area (Å²) in [5, 5.41) is 2.74. The lowest BCUT2D eigenvalue weighted by atomic mass is 9.91. The first kappa shape index (κ1) is 19.1. The van der Waals surface area contributed by atoms with Gasteiger partial charge in [-0.05, 0) is 53.3 Å². The van der Waals surface area contributed by atoms with E-state index in [1.54, 1.807) is 12.1 Å². The fourth-order valence-electron chi connectivity index (χ4n) is 3.79. The second kappa shape index (κ2) is 7.74. The first-order chi connectivity index (χ1) is 14.6. The molecule has 1 aliphatic carbocycles. The van der Waals surface area contributed by atoms with E-state index in [1.807, 2.05) is 24.3 Å². The Labute approximate surface area is 182 Å². The van der Waals surface area contributed by atoms with Crippen LogP contribution in [0.2, 0.25) is 0 Å². The Kier molecular flexibility index (Phi) is 4.92.